The van der Waals surface area contributed by atoms with Gasteiger partial charge in [0.25, 0.3) is 0 Å². The maximum Gasteiger partial charge on any atom is 0.242 e. The first kappa shape index (κ1) is 14.3. The molecule has 1 fully saturated rings. The van der Waals surface area contributed by atoms with Gasteiger partial charge in [-0.15, -0.1) is 0 Å². The molecule has 104 valence electrons. The number of hydrogen-bond donors (Lipinski definition) is 2. The van der Waals surface area contributed by atoms with Gasteiger partial charge >= 0.3 is 0 Å². The summed E-state index contributed by atoms with van der Waals surface area (Å²) < 4.78 is 6.19. The molecule has 0 aliphatic carbocycles. The standard InChI is InChI=1S/C13H17BrN2O3/c1-8(17)10-6-9(14)2-3-11(10)16-4-5-19-7-12(16)13(15)18/h2-3,6,8,12,17H,4-5,7H2,1H3,(H2,15,18). The summed E-state index contributed by atoms with van der Waals surface area (Å²) in [4.78, 5) is 13.4. The second-order valence-electron chi connectivity index (χ2n) is 4.57. The Bertz CT molecular complexity index is 479. The third-order valence-corrected chi connectivity index (χ3v) is 3.70. The Hall–Kier alpha value is -1.11. The van der Waals surface area contributed by atoms with Crippen LogP contribution in [-0.2, 0) is 9.53 Å². The van der Waals surface area contributed by atoms with Gasteiger partial charge in [-0.1, -0.05) is 15.9 Å². The topological polar surface area (TPSA) is 75.8 Å². The van der Waals surface area contributed by atoms with Crippen molar-refractivity contribution in [2.45, 2.75) is 19.1 Å². The van der Waals surface area contributed by atoms with Crippen LogP contribution >= 0.6 is 15.9 Å². The normalized spacial score (nSPS) is 21.2. The van der Waals surface area contributed by atoms with Crippen molar-refractivity contribution >= 4 is 27.5 Å². The zero-order valence-corrected chi connectivity index (χ0v) is 12.3. The second kappa shape index (κ2) is 5.90. The van der Waals surface area contributed by atoms with Gasteiger partial charge in [0.1, 0.15) is 6.04 Å². The van der Waals surface area contributed by atoms with Crippen LogP contribution < -0.4 is 10.6 Å². The molecule has 3 N–H and O–H groups in total. The number of anilines is 1. The summed E-state index contributed by atoms with van der Waals surface area (Å²) in [5.74, 6) is -0.417. The maximum atomic E-state index is 11.5. The van der Waals surface area contributed by atoms with Gasteiger partial charge < -0.3 is 20.5 Å². The summed E-state index contributed by atoms with van der Waals surface area (Å²) in [6.07, 6.45) is -0.621. The minimum Gasteiger partial charge on any atom is -0.389 e. The minimum absolute atomic E-state index is 0.282. The summed E-state index contributed by atoms with van der Waals surface area (Å²) in [6.45, 7) is 3.10. The molecule has 0 bridgehead atoms. The van der Waals surface area contributed by atoms with Crippen molar-refractivity contribution in [3.63, 3.8) is 0 Å². The van der Waals surface area contributed by atoms with E-state index in [1.165, 1.54) is 0 Å². The molecule has 1 aliphatic heterocycles. The number of aliphatic hydroxyl groups is 1. The van der Waals surface area contributed by atoms with E-state index in [-0.39, 0.29) is 6.61 Å². The van der Waals surface area contributed by atoms with Crippen LogP contribution in [0.2, 0.25) is 0 Å². The number of halogens is 1. The summed E-state index contributed by atoms with van der Waals surface area (Å²) in [6, 6.07) is 5.13. The van der Waals surface area contributed by atoms with E-state index in [9.17, 15) is 9.90 Å². The van der Waals surface area contributed by atoms with Crippen molar-refractivity contribution in [1.82, 2.24) is 0 Å². The quantitative estimate of drug-likeness (QED) is 0.874. The minimum atomic E-state index is -0.621. The van der Waals surface area contributed by atoms with Crippen LogP contribution in [0, 0.1) is 0 Å². The van der Waals surface area contributed by atoms with Crippen molar-refractivity contribution in [2.75, 3.05) is 24.7 Å². The van der Waals surface area contributed by atoms with Crippen LogP contribution in [-0.4, -0.2) is 36.8 Å². The van der Waals surface area contributed by atoms with Gasteiger partial charge in [-0.25, -0.2) is 0 Å². The number of amides is 1. The monoisotopic (exact) mass is 328 g/mol. The molecule has 1 saturated heterocycles. The van der Waals surface area contributed by atoms with E-state index in [2.05, 4.69) is 15.9 Å². The third kappa shape index (κ3) is 3.08. The van der Waals surface area contributed by atoms with Crippen LogP contribution in [0.4, 0.5) is 5.69 Å². The van der Waals surface area contributed by atoms with Crippen molar-refractivity contribution in [3.05, 3.63) is 28.2 Å². The third-order valence-electron chi connectivity index (χ3n) is 3.21. The Morgan fingerprint density at radius 3 is 3.00 bits per heavy atom. The fourth-order valence-electron chi connectivity index (χ4n) is 2.25. The molecule has 2 rings (SSSR count). The SMILES string of the molecule is CC(O)c1cc(Br)ccc1N1CCOCC1C(N)=O. The Morgan fingerprint density at radius 2 is 2.37 bits per heavy atom. The highest BCUT2D eigenvalue weighted by Crippen LogP contribution is 2.31. The average Bonchev–Trinajstić information content (AvgIpc) is 2.38. The molecule has 1 amide bonds. The molecule has 0 spiro atoms. The number of rotatable bonds is 3. The van der Waals surface area contributed by atoms with E-state index in [1.807, 2.05) is 23.1 Å². The molecule has 2 unspecified atom stereocenters. The van der Waals surface area contributed by atoms with Crippen LogP contribution in [0.1, 0.15) is 18.6 Å². The number of aliphatic hydroxyl groups excluding tert-OH is 1. The van der Waals surface area contributed by atoms with Crippen molar-refractivity contribution in [1.29, 1.82) is 0 Å². The Balaban J connectivity index is 2.41. The molecular formula is C13H17BrN2O3. The Morgan fingerprint density at radius 1 is 1.63 bits per heavy atom. The summed E-state index contributed by atoms with van der Waals surface area (Å²) in [5, 5.41) is 9.89. The van der Waals surface area contributed by atoms with E-state index in [0.717, 1.165) is 15.7 Å². The number of primary amides is 1. The highest BCUT2D eigenvalue weighted by Gasteiger charge is 2.29. The number of nitrogens with zero attached hydrogens (tertiary/aromatic N) is 1. The van der Waals surface area contributed by atoms with E-state index < -0.39 is 18.1 Å². The van der Waals surface area contributed by atoms with Gasteiger partial charge in [0.15, 0.2) is 0 Å². The summed E-state index contributed by atoms with van der Waals surface area (Å²) in [5.41, 5.74) is 7.01. The summed E-state index contributed by atoms with van der Waals surface area (Å²) in [7, 11) is 0. The predicted molar refractivity (Wildman–Crippen MR) is 75.9 cm³/mol. The van der Waals surface area contributed by atoms with Gasteiger partial charge in [0, 0.05) is 22.3 Å². The molecule has 1 aromatic rings. The molecular weight excluding hydrogens is 312 g/mol. The Kier molecular flexibility index (Phi) is 4.44. The van der Waals surface area contributed by atoms with Gasteiger partial charge in [-0.05, 0) is 25.1 Å². The van der Waals surface area contributed by atoms with Gasteiger partial charge in [-0.2, -0.15) is 0 Å². The number of benzene rings is 1. The molecule has 5 nitrogen and oxygen atoms in total. The van der Waals surface area contributed by atoms with Crippen LogP contribution in [0.15, 0.2) is 22.7 Å². The van der Waals surface area contributed by atoms with E-state index in [0.29, 0.717) is 13.2 Å². The number of carbonyl (C=O) groups excluding carboxylic acids is 1. The smallest absolute Gasteiger partial charge is 0.242 e. The molecule has 0 saturated carbocycles. The molecule has 1 heterocycles. The highest BCUT2D eigenvalue weighted by molar-refractivity contribution is 9.10. The first-order valence-electron chi connectivity index (χ1n) is 6.12. The molecule has 1 aliphatic rings. The van der Waals surface area contributed by atoms with Crippen LogP contribution in [0.3, 0.4) is 0 Å². The fourth-order valence-corrected chi connectivity index (χ4v) is 2.63. The second-order valence-corrected chi connectivity index (χ2v) is 5.48. The van der Waals surface area contributed by atoms with E-state index >= 15 is 0 Å². The van der Waals surface area contributed by atoms with E-state index in [4.69, 9.17) is 10.5 Å². The first-order chi connectivity index (χ1) is 9.00. The van der Waals surface area contributed by atoms with Crippen molar-refractivity contribution < 1.29 is 14.6 Å². The largest absolute Gasteiger partial charge is 0.389 e. The first-order valence-corrected chi connectivity index (χ1v) is 6.91. The van der Waals surface area contributed by atoms with Gasteiger partial charge in [0.2, 0.25) is 5.91 Å². The fraction of sp³-hybridized carbons (Fsp3) is 0.462. The zero-order valence-electron chi connectivity index (χ0n) is 10.7. The number of nitrogens with two attached hydrogens (primary N) is 1. The lowest BCUT2D eigenvalue weighted by Crippen LogP contribution is -2.53. The molecule has 0 radical (unpaired) electrons. The van der Waals surface area contributed by atoms with E-state index in [1.54, 1.807) is 6.92 Å². The van der Waals surface area contributed by atoms with Gasteiger partial charge in [0.05, 0.1) is 19.3 Å². The number of carbonyl (C=O) groups is 1. The molecule has 1 aromatic carbocycles. The lowest BCUT2D eigenvalue weighted by Gasteiger charge is -2.37. The van der Waals surface area contributed by atoms with Gasteiger partial charge in [-0.3, -0.25) is 4.79 Å². The lowest BCUT2D eigenvalue weighted by atomic mass is 10.0. The van der Waals surface area contributed by atoms with Crippen molar-refractivity contribution in [3.8, 4) is 0 Å². The highest BCUT2D eigenvalue weighted by atomic mass is 79.9. The van der Waals surface area contributed by atoms with Crippen LogP contribution in [0.5, 0.6) is 0 Å². The molecule has 19 heavy (non-hydrogen) atoms. The summed E-state index contributed by atoms with van der Waals surface area (Å²) >= 11 is 3.39. The number of hydrogen-bond acceptors (Lipinski definition) is 4. The average molecular weight is 329 g/mol. The Labute approximate surface area is 120 Å². The van der Waals surface area contributed by atoms with Crippen LogP contribution in [0.25, 0.3) is 0 Å². The van der Waals surface area contributed by atoms with Crippen molar-refractivity contribution in [2.24, 2.45) is 5.73 Å². The number of ether oxygens (including phenoxy) is 1. The predicted octanol–water partition coefficient (Wildman–Crippen LogP) is 1.19. The number of morpholine rings is 1. The maximum absolute atomic E-state index is 11.5. The zero-order chi connectivity index (χ0) is 14.0. The lowest BCUT2D eigenvalue weighted by molar-refractivity contribution is -0.121. The molecule has 0 aromatic heterocycles. The molecule has 6 heteroatoms. The molecule has 2 atom stereocenters.